The quantitative estimate of drug-likeness (QED) is 0.777. The van der Waals surface area contributed by atoms with Crippen molar-refractivity contribution in [1.29, 1.82) is 0 Å². The Morgan fingerprint density at radius 2 is 1.95 bits per heavy atom. The van der Waals surface area contributed by atoms with Crippen LogP contribution in [0, 0.1) is 0 Å². The summed E-state index contributed by atoms with van der Waals surface area (Å²) in [5.41, 5.74) is 7.69. The molecule has 1 rings (SSSR count). The highest BCUT2D eigenvalue weighted by Gasteiger charge is 2.03. The van der Waals surface area contributed by atoms with Gasteiger partial charge in [-0.25, -0.2) is 0 Å². The molecule has 3 heteroatoms. The lowest BCUT2D eigenvalue weighted by molar-refractivity contribution is 0.236. The number of anilines is 1. The number of likely N-dealkylation sites (N-methyl/N-ethyl adjacent to an activating group) is 2. The molecular weight excluding hydrogens is 234 g/mol. The van der Waals surface area contributed by atoms with Gasteiger partial charge in [0.1, 0.15) is 0 Å². The molecule has 1 aromatic carbocycles. The van der Waals surface area contributed by atoms with E-state index < -0.39 is 0 Å². The molecular formula is C16H31N3. The highest BCUT2D eigenvalue weighted by Crippen LogP contribution is 2.05. The summed E-state index contributed by atoms with van der Waals surface area (Å²) < 4.78 is 0. The number of hydrogen-bond donors (Lipinski definition) is 2. The Balaban J connectivity index is 0.000000342. The summed E-state index contributed by atoms with van der Waals surface area (Å²) in [6.45, 7) is 12.2. The second-order valence-corrected chi connectivity index (χ2v) is 4.92. The topological polar surface area (TPSA) is 41.3 Å². The van der Waals surface area contributed by atoms with Crippen molar-refractivity contribution >= 4 is 5.69 Å². The molecule has 0 fully saturated rings. The summed E-state index contributed by atoms with van der Waals surface area (Å²) in [5.74, 6) is 0. The molecule has 0 unspecified atom stereocenters. The predicted octanol–water partition coefficient (Wildman–Crippen LogP) is 2.77. The van der Waals surface area contributed by atoms with E-state index in [1.807, 2.05) is 25.2 Å². The van der Waals surface area contributed by atoms with Crippen LogP contribution in [-0.2, 0) is 6.42 Å². The maximum Gasteiger partial charge on any atom is 0.0316 e. The maximum absolute atomic E-state index is 5.53. The van der Waals surface area contributed by atoms with Gasteiger partial charge in [-0.3, -0.25) is 4.90 Å². The van der Waals surface area contributed by atoms with Gasteiger partial charge in [0.15, 0.2) is 0 Å². The maximum atomic E-state index is 5.53. The molecule has 0 aliphatic rings. The molecule has 0 saturated carbocycles. The van der Waals surface area contributed by atoms with E-state index in [1.165, 1.54) is 5.56 Å². The first-order valence-corrected chi connectivity index (χ1v) is 7.28. The third-order valence-electron chi connectivity index (χ3n) is 3.14. The average molecular weight is 265 g/mol. The zero-order valence-corrected chi connectivity index (χ0v) is 13.2. The second kappa shape index (κ2) is 10.8. The number of nitrogens with zero attached hydrogens (tertiary/aromatic N) is 1. The molecule has 3 nitrogen and oxygen atoms in total. The lowest BCUT2D eigenvalue weighted by atomic mass is 10.1. The fourth-order valence-electron chi connectivity index (χ4n) is 1.85. The summed E-state index contributed by atoms with van der Waals surface area (Å²) >= 11 is 0. The SMILES string of the molecule is CCN(CCNC)C(C)C.CCc1cccc(N)c1. The van der Waals surface area contributed by atoms with Crippen LogP contribution in [0.2, 0.25) is 0 Å². The molecule has 0 amide bonds. The molecule has 0 atom stereocenters. The van der Waals surface area contributed by atoms with Gasteiger partial charge in [-0.2, -0.15) is 0 Å². The van der Waals surface area contributed by atoms with Gasteiger partial charge in [0.25, 0.3) is 0 Å². The first-order chi connectivity index (χ1) is 9.04. The summed E-state index contributed by atoms with van der Waals surface area (Å²) in [4.78, 5) is 2.44. The Morgan fingerprint density at radius 1 is 1.26 bits per heavy atom. The first kappa shape index (κ1) is 17.9. The Kier molecular flexibility index (Phi) is 10.2. The summed E-state index contributed by atoms with van der Waals surface area (Å²) in [7, 11) is 1.99. The molecule has 19 heavy (non-hydrogen) atoms. The molecule has 1 aromatic rings. The summed E-state index contributed by atoms with van der Waals surface area (Å²) in [6, 6.07) is 8.64. The molecule has 0 spiro atoms. The van der Waals surface area contributed by atoms with E-state index in [9.17, 15) is 0 Å². The smallest absolute Gasteiger partial charge is 0.0316 e. The number of nitrogens with two attached hydrogens (primary N) is 1. The number of hydrogen-bond acceptors (Lipinski definition) is 3. The van der Waals surface area contributed by atoms with Gasteiger partial charge in [-0.15, -0.1) is 0 Å². The van der Waals surface area contributed by atoms with E-state index in [0.717, 1.165) is 31.7 Å². The number of aryl methyl sites for hydroxylation is 1. The molecule has 0 saturated heterocycles. The van der Waals surface area contributed by atoms with Crippen LogP contribution in [0.15, 0.2) is 24.3 Å². The minimum absolute atomic E-state index is 0.679. The second-order valence-electron chi connectivity index (χ2n) is 4.92. The molecule has 0 aliphatic heterocycles. The summed E-state index contributed by atoms with van der Waals surface area (Å²) in [6.07, 6.45) is 1.06. The van der Waals surface area contributed by atoms with Crippen molar-refractivity contribution in [2.75, 3.05) is 32.4 Å². The molecule has 0 radical (unpaired) electrons. The molecule has 110 valence electrons. The van der Waals surface area contributed by atoms with Gasteiger partial charge in [0.05, 0.1) is 0 Å². The molecule has 0 bridgehead atoms. The van der Waals surface area contributed by atoms with E-state index in [0.29, 0.717) is 6.04 Å². The van der Waals surface area contributed by atoms with Crippen molar-refractivity contribution in [2.24, 2.45) is 0 Å². The predicted molar refractivity (Wildman–Crippen MR) is 86.5 cm³/mol. The van der Waals surface area contributed by atoms with Crippen molar-refractivity contribution in [3.8, 4) is 0 Å². The Morgan fingerprint density at radius 3 is 2.32 bits per heavy atom. The van der Waals surface area contributed by atoms with E-state index >= 15 is 0 Å². The van der Waals surface area contributed by atoms with Crippen molar-refractivity contribution in [3.63, 3.8) is 0 Å². The van der Waals surface area contributed by atoms with Crippen LogP contribution in [0.4, 0.5) is 5.69 Å². The minimum atomic E-state index is 0.679. The average Bonchev–Trinajstić information content (AvgIpc) is 2.40. The van der Waals surface area contributed by atoms with Crippen molar-refractivity contribution in [3.05, 3.63) is 29.8 Å². The third kappa shape index (κ3) is 8.62. The summed E-state index contributed by atoms with van der Waals surface area (Å²) in [5, 5.41) is 3.15. The minimum Gasteiger partial charge on any atom is -0.399 e. The first-order valence-electron chi connectivity index (χ1n) is 7.28. The highest BCUT2D eigenvalue weighted by atomic mass is 15.1. The van der Waals surface area contributed by atoms with E-state index in [4.69, 9.17) is 5.73 Å². The van der Waals surface area contributed by atoms with Gasteiger partial charge >= 0.3 is 0 Å². The zero-order valence-electron chi connectivity index (χ0n) is 13.2. The number of benzene rings is 1. The van der Waals surface area contributed by atoms with Gasteiger partial charge < -0.3 is 11.1 Å². The van der Waals surface area contributed by atoms with Crippen LogP contribution < -0.4 is 11.1 Å². The monoisotopic (exact) mass is 265 g/mol. The van der Waals surface area contributed by atoms with Gasteiger partial charge in [0.2, 0.25) is 0 Å². The van der Waals surface area contributed by atoms with Crippen molar-refractivity contribution < 1.29 is 0 Å². The standard InChI is InChI=1S/C8H20N2.C8H11N/c1-5-10(8(2)3)7-6-9-4;1-2-7-4-3-5-8(9)6-7/h8-9H,5-7H2,1-4H3;3-6H,2,9H2,1H3. The fraction of sp³-hybridized carbons (Fsp3) is 0.625. The third-order valence-corrected chi connectivity index (χ3v) is 3.14. The molecule has 0 aromatic heterocycles. The number of nitrogens with one attached hydrogen (secondary N) is 1. The van der Waals surface area contributed by atoms with Crippen LogP contribution in [0.1, 0.15) is 33.3 Å². The number of rotatable bonds is 6. The van der Waals surface area contributed by atoms with E-state index in [2.05, 4.69) is 44.0 Å². The molecule has 0 heterocycles. The van der Waals surface area contributed by atoms with Gasteiger partial charge in [-0.05, 0) is 51.6 Å². The number of nitrogen functional groups attached to an aromatic ring is 1. The van der Waals surface area contributed by atoms with Crippen LogP contribution in [-0.4, -0.2) is 37.6 Å². The van der Waals surface area contributed by atoms with Gasteiger partial charge in [0, 0.05) is 24.8 Å². The largest absolute Gasteiger partial charge is 0.399 e. The van der Waals surface area contributed by atoms with Crippen molar-refractivity contribution in [1.82, 2.24) is 10.2 Å². The highest BCUT2D eigenvalue weighted by molar-refractivity contribution is 5.40. The lowest BCUT2D eigenvalue weighted by Crippen LogP contribution is -2.35. The molecule has 3 N–H and O–H groups in total. The van der Waals surface area contributed by atoms with Crippen LogP contribution in [0.5, 0.6) is 0 Å². The lowest BCUT2D eigenvalue weighted by Gasteiger charge is -2.24. The van der Waals surface area contributed by atoms with Crippen LogP contribution in [0.3, 0.4) is 0 Å². The zero-order chi connectivity index (χ0) is 14.7. The van der Waals surface area contributed by atoms with E-state index in [1.54, 1.807) is 0 Å². The van der Waals surface area contributed by atoms with Crippen LogP contribution >= 0.6 is 0 Å². The Labute approximate surface area is 119 Å². The Hall–Kier alpha value is -1.06. The fourth-order valence-corrected chi connectivity index (χ4v) is 1.85. The van der Waals surface area contributed by atoms with Crippen molar-refractivity contribution in [2.45, 2.75) is 40.2 Å². The van der Waals surface area contributed by atoms with E-state index in [-0.39, 0.29) is 0 Å². The normalized spacial score (nSPS) is 10.5. The van der Waals surface area contributed by atoms with Gasteiger partial charge in [-0.1, -0.05) is 26.0 Å². The van der Waals surface area contributed by atoms with Crippen LogP contribution in [0.25, 0.3) is 0 Å². The Bertz CT molecular complexity index is 324. The molecule has 0 aliphatic carbocycles.